The predicted molar refractivity (Wildman–Crippen MR) is 105 cm³/mol. The van der Waals surface area contributed by atoms with Crippen LogP contribution < -0.4 is 9.46 Å². The van der Waals surface area contributed by atoms with Crippen molar-refractivity contribution in [3.05, 3.63) is 48.5 Å². The lowest BCUT2D eigenvalue weighted by Crippen LogP contribution is -2.17. The van der Waals surface area contributed by atoms with Crippen LogP contribution >= 0.6 is 11.3 Å². The summed E-state index contributed by atoms with van der Waals surface area (Å²) in [5, 5.41) is 0. The zero-order valence-electron chi connectivity index (χ0n) is 15.5. The van der Waals surface area contributed by atoms with E-state index >= 15 is 0 Å². The molecule has 1 aliphatic carbocycles. The standard InChI is InChI=1S/C19H17F3N2O4S2/c20-19(21,22)28-14-7-5-13(6-8-14)24-30(25,26)17-10-9-16(29-17)15-11-23-18(27-15)12-3-1-2-4-12/h5-12,24H,1-4H2. The topological polar surface area (TPSA) is 81.4 Å². The fourth-order valence-corrected chi connectivity index (χ4v) is 5.60. The van der Waals surface area contributed by atoms with E-state index in [9.17, 15) is 21.6 Å². The average molecular weight is 458 g/mol. The van der Waals surface area contributed by atoms with E-state index < -0.39 is 22.1 Å². The number of hydrogen-bond acceptors (Lipinski definition) is 6. The van der Waals surface area contributed by atoms with Gasteiger partial charge in [0.1, 0.15) is 9.96 Å². The molecule has 0 saturated heterocycles. The van der Waals surface area contributed by atoms with Crippen molar-refractivity contribution in [2.24, 2.45) is 0 Å². The Labute approximate surface area is 174 Å². The maximum absolute atomic E-state index is 12.6. The van der Waals surface area contributed by atoms with Crippen molar-refractivity contribution in [1.82, 2.24) is 4.98 Å². The lowest BCUT2D eigenvalue weighted by molar-refractivity contribution is -0.274. The molecule has 1 aromatic carbocycles. The average Bonchev–Trinajstić information content (AvgIpc) is 3.42. The zero-order chi connectivity index (χ0) is 21.4. The fourth-order valence-electron chi connectivity index (χ4n) is 3.29. The highest BCUT2D eigenvalue weighted by molar-refractivity contribution is 7.94. The van der Waals surface area contributed by atoms with Gasteiger partial charge in [-0.05, 0) is 49.2 Å². The highest BCUT2D eigenvalue weighted by Crippen LogP contribution is 2.37. The van der Waals surface area contributed by atoms with Gasteiger partial charge in [0, 0.05) is 11.6 Å². The first-order chi connectivity index (χ1) is 14.2. The molecule has 1 fully saturated rings. The zero-order valence-corrected chi connectivity index (χ0v) is 17.1. The number of rotatable bonds is 6. The molecule has 0 unspecified atom stereocenters. The number of benzene rings is 1. The quantitative estimate of drug-likeness (QED) is 0.508. The van der Waals surface area contributed by atoms with Crippen LogP contribution in [0.4, 0.5) is 18.9 Å². The maximum Gasteiger partial charge on any atom is 0.573 e. The summed E-state index contributed by atoms with van der Waals surface area (Å²) in [6.45, 7) is 0. The number of alkyl halides is 3. The lowest BCUT2D eigenvalue weighted by Gasteiger charge is -2.10. The van der Waals surface area contributed by atoms with E-state index in [1.807, 2.05) is 0 Å². The number of nitrogens with zero attached hydrogens (tertiary/aromatic N) is 1. The summed E-state index contributed by atoms with van der Waals surface area (Å²) in [7, 11) is -3.91. The SMILES string of the molecule is O=S(=O)(Nc1ccc(OC(F)(F)F)cc1)c1ccc(-c2cnc(C3CCCC3)o2)s1. The summed E-state index contributed by atoms with van der Waals surface area (Å²) in [6, 6.07) is 7.53. The molecule has 160 valence electrons. The Hall–Kier alpha value is -2.53. The largest absolute Gasteiger partial charge is 0.573 e. The third-order valence-corrected chi connectivity index (χ3v) is 7.63. The summed E-state index contributed by atoms with van der Waals surface area (Å²) in [4.78, 5) is 4.96. The van der Waals surface area contributed by atoms with Crippen molar-refractivity contribution in [2.45, 2.75) is 42.2 Å². The van der Waals surface area contributed by atoms with Crippen molar-refractivity contribution < 1.29 is 30.7 Å². The Morgan fingerprint density at radius 3 is 2.47 bits per heavy atom. The van der Waals surface area contributed by atoms with E-state index in [1.54, 1.807) is 12.3 Å². The number of hydrogen-bond donors (Lipinski definition) is 1. The Balaban J connectivity index is 1.47. The van der Waals surface area contributed by atoms with Crippen LogP contribution in [0.1, 0.15) is 37.5 Å². The summed E-state index contributed by atoms with van der Waals surface area (Å²) in [6.07, 6.45) is 1.18. The van der Waals surface area contributed by atoms with Crippen molar-refractivity contribution in [3.8, 4) is 16.4 Å². The molecule has 1 aliphatic rings. The molecule has 4 rings (SSSR count). The number of thiophene rings is 1. The van der Waals surface area contributed by atoms with Crippen molar-refractivity contribution in [1.29, 1.82) is 0 Å². The van der Waals surface area contributed by atoms with Crippen LogP contribution in [-0.2, 0) is 10.0 Å². The number of nitrogens with one attached hydrogen (secondary N) is 1. The number of ether oxygens (including phenoxy) is 1. The van der Waals surface area contributed by atoms with Crippen LogP contribution in [0, 0.1) is 0 Å². The normalized spacial score (nSPS) is 15.4. The van der Waals surface area contributed by atoms with Crippen molar-refractivity contribution in [3.63, 3.8) is 0 Å². The van der Waals surface area contributed by atoms with Crippen LogP contribution in [0.25, 0.3) is 10.6 Å². The first-order valence-electron chi connectivity index (χ1n) is 9.14. The van der Waals surface area contributed by atoms with Gasteiger partial charge in [0.15, 0.2) is 11.7 Å². The molecule has 6 nitrogen and oxygen atoms in total. The van der Waals surface area contributed by atoms with E-state index in [0.717, 1.165) is 49.2 Å². The molecule has 0 amide bonds. The van der Waals surface area contributed by atoms with Gasteiger partial charge in [0.25, 0.3) is 10.0 Å². The van der Waals surface area contributed by atoms with E-state index in [0.29, 0.717) is 22.4 Å². The van der Waals surface area contributed by atoms with Gasteiger partial charge in [-0.3, -0.25) is 4.72 Å². The molecule has 2 aromatic heterocycles. The minimum absolute atomic E-state index is 0.0481. The van der Waals surface area contributed by atoms with Gasteiger partial charge in [-0.1, -0.05) is 12.8 Å². The summed E-state index contributed by atoms with van der Waals surface area (Å²) >= 11 is 1.02. The molecule has 1 N–H and O–H groups in total. The summed E-state index contributed by atoms with van der Waals surface area (Å²) < 4.78 is 73.9. The fraction of sp³-hybridized carbons (Fsp3) is 0.316. The maximum atomic E-state index is 12.6. The van der Waals surface area contributed by atoms with Gasteiger partial charge in [0.05, 0.1) is 11.1 Å². The summed E-state index contributed by atoms with van der Waals surface area (Å²) in [5.74, 6) is 1.07. The first-order valence-corrected chi connectivity index (χ1v) is 11.4. The molecular weight excluding hydrogens is 441 g/mol. The smallest absolute Gasteiger partial charge is 0.440 e. The second kappa shape index (κ2) is 7.95. The highest BCUT2D eigenvalue weighted by Gasteiger charge is 2.31. The van der Waals surface area contributed by atoms with Gasteiger partial charge < -0.3 is 9.15 Å². The van der Waals surface area contributed by atoms with Crippen LogP contribution in [-0.4, -0.2) is 19.8 Å². The lowest BCUT2D eigenvalue weighted by atomic mass is 10.1. The third kappa shape index (κ3) is 4.78. The molecule has 30 heavy (non-hydrogen) atoms. The van der Waals surface area contributed by atoms with E-state index in [4.69, 9.17) is 4.42 Å². The molecule has 1 saturated carbocycles. The van der Waals surface area contributed by atoms with E-state index in [2.05, 4.69) is 14.4 Å². The molecular formula is C19H17F3N2O4S2. The molecule has 2 heterocycles. The van der Waals surface area contributed by atoms with Crippen LogP contribution in [0.5, 0.6) is 5.75 Å². The Morgan fingerprint density at radius 2 is 1.80 bits per heavy atom. The van der Waals surface area contributed by atoms with Crippen molar-refractivity contribution in [2.75, 3.05) is 4.72 Å². The Bertz CT molecular complexity index is 1120. The van der Waals surface area contributed by atoms with Gasteiger partial charge in [-0.15, -0.1) is 24.5 Å². The van der Waals surface area contributed by atoms with Crippen LogP contribution in [0.15, 0.2) is 51.2 Å². The number of sulfonamides is 1. The Morgan fingerprint density at radius 1 is 1.10 bits per heavy atom. The molecule has 11 heteroatoms. The van der Waals surface area contributed by atoms with Gasteiger partial charge >= 0.3 is 6.36 Å². The number of aromatic nitrogens is 1. The molecule has 0 atom stereocenters. The molecule has 0 bridgehead atoms. The third-order valence-electron chi connectivity index (χ3n) is 4.66. The highest BCUT2D eigenvalue weighted by atomic mass is 32.2. The van der Waals surface area contributed by atoms with E-state index in [-0.39, 0.29) is 9.90 Å². The van der Waals surface area contributed by atoms with Gasteiger partial charge in [-0.2, -0.15) is 0 Å². The first kappa shape index (κ1) is 20.7. The van der Waals surface area contributed by atoms with E-state index in [1.165, 1.54) is 18.2 Å². The molecule has 0 radical (unpaired) electrons. The van der Waals surface area contributed by atoms with Crippen LogP contribution in [0.3, 0.4) is 0 Å². The molecule has 0 aliphatic heterocycles. The van der Waals surface area contributed by atoms with Gasteiger partial charge in [0.2, 0.25) is 0 Å². The van der Waals surface area contributed by atoms with Gasteiger partial charge in [-0.25, -0.2) is 13.4 Å². The molecule has 3 aromatic rings. The number of oxazole rings is 1. The predicted octanol–water partition coefficient (Wildman–Crippen LogP) is 5.76. The minimum atomic E-state index is -4.81. The Kier molecular flexibility index (Phi) is 5.49. The van der Waals surface area contributed by atoms with Crippen LogP contribution in [0.2, 0.25) is 0 Å². The second-order valence-electron chi connectivity index (χ2n) is 6.84. The number of halogens is 3. The minimum Gasteiger partial charge on any atom is -0.440 e. The monoisotopic (exact) mass is 458 g/mol. The summed E-state index contributed by atoms with van der Waals surface area (Å²) in [5.41, 5.74) is 0.114. The van der Waals surface area contributed by atoms with Crippen molar-refractivity contribution >= 4 is 27.0 Å². The molecule has 0 spiro atoms. The number of anilines is 1. The second-order valence-corrected chi connectivity index (χ2v) is 9.83.